The van der Waals surface area contributed by atoms with E-state index in [9.17, 15) is 14.0 Å². The van der Waals surface area contributed by atoms with Crippen LogP contribution < -0.4 is 14.8 Å². The highest BCUT2D eigenvalue weighted by molar-refractivity contribution is 6.33. The van der Waals surface area contributed by atoms with Crippen molar-refractivity contribution < 1.29 is 23.5 Å². The number of piperidine rings is 1. The van der Waals surface area contributed by atoms with Gasteiger partial charge in [0.2, 0.25) is 0 Å². The van der Waals surface area contributed by atoms with Crippen LogP contribution in [0, 0.1) is 5.82 Å². The van der Waals surface area contributed by atoms with Crippen molar-refractivity contribution in [1.29, 1.82) is 0 Å². The Morgan fingerprint density at radius 1 is 1.00 bits per heavy atom. The fraction of sp³-hybridized carbons (Fsp3) is 0.259. The second-order valence-electron chi connectivity index (χ2n) is 8.33. The fourth-order valence-corrected chi connectivity index (χ4v) is 4.62. The average molecular weight is 497 g/mol. The fourth-order valence-electron chi connectivity index (χ4n) is 4.40. The van der Waals surface area contributed by atoms with Crippen molar-refractivity contribution in [3.63, 3.8) is 0 Å². The van der Waals surface area contributed by atoms with E-state index in [2.05, 4.69) is 5.32 Å². The van der Waals surface area contributed by atoms with Gasteiger partial charge in [-0.2, -0.15) is 0 Å². The molecule has 2 atom stereocenters. The van der Waals surface area contributed by atoms with Crippen LogP contribution in [0.2, 0.25) is 5.02 Å². The third-order valence-electron chi connectivity index (χ3n) is 6.26. The molecule has 3 aromatic rings. The molecule has 0 spiro atoms. The Bertz CT molecular complexity index is 1220. The van der Waals surface area contributed by atoms with Gasteiger partial charge in [0.1, 0.15) is 5.82 Å². The molecule has 0 radical (unpaired) electrons. The molecule has 0 saturated carbocycles. The summed E-state index contributed by atoms with van der Waals surface area (Å²) in [5, 5.41) is 3.45. The lowest BCUT2D eigenvalue weighted by atomic mass is 9.85. The molecule has 0 aliphatic carbocycles. The number of nitrogens with zero attached hydrogens (tertiary/aromatic N) is 1. The van der Waals surface area contributed by atoms with Gasteiger partial charge in [0.15, 0.2) is 11.5 Å². The molecule has 1 fully saturated rings. The van der Waals surface area contributed by atoms with Crippen LogP contribution in [0.4, 0.5) is 4.39 Å². The first-order valence-electron chi connectivity index (χ1n) is 11.2. The minimum Gasteiger partial charge on any atom is -0.493 e. The molecule has 4 rings (SSSR count). The van der Waals surface area contributed by atoms with Crippen LogP contribution in [0.3, 0.4) is 0 Å². The molecular formula is C27H26ClFN2O4. The highest BCUT2D eigenvalue weighted by atomic mass is 35.5. The zero-order valence-corrected chi connectivity index (χ0v) is 20.2. The Hall–Kier alpha value is -3.58. The zero-order valence-electron chi connectivity index (χ0n) is 19.5. The van der Waals surface area contributed by atoms with Crippen LogP contribution >= 0.6 is 11.6 Å². The molecule has 0 unspecified atom stereocenters. The molecule has 0 aromatic heterocycles. The van der Waals surface area contributed by atoms with E-state index in [-0.39, 0.29) is 29.6 Å². The van der Waals surface area contributed by atoms with Gasteiger partial charge in [-0.15, -0.1) is 0 Å². The summed E-state index contributed by atoms with van der Waals surface area (Å²) in [5.41, 5.74) is 1.69. The van der Waals surface area contributed by atoms with Gasteiger partial charge in [0.25, 0.3) is 11.8 Å². The SMILES string of the molecule is COc1ccc(C(=O)N2CC[C@H](NC(=O)c3ccccc3Cl)[C@H](c3ccc(F)cc3)C2)cc1OC. The maximum atomic E-state index is 13.6. The molecular weight excluding hydrogens is 471 g/mol. The van der Waals surface area contributed by atoms with E-state index >= 15 is 0 Å². The number of benzene rings is 3. The van der Waals surface area contributed by atoms with E-state index in [0.717, 1.165) is 5.56 Å². The molecule has 35 heavy (non-hydrogen) atoms. The first-order chi connectivity index (χ1) is 16.9. The van der Waals surface area contributed by atoms with Crippen molar-refractivity contribution >= 4 is 23.4 Å². The summed E-state index contributed by atoms with van der Waals surface area (Å²) in [6.07, 6.45) is 0.525. The van der Waals surface area contributed by atoms with Gasteiger partial charge in [-0.3, -0.25) is 9.59 Å². The van der Waals surface area contributed by atoms with E-state index in [0.29, 0.717) is 47.2 Å². The van der Waals surface area contributed by atoms with Gasteiger partial charge < -0.3 is 19.7 Å². The molecule has 1 aliphatic heterocycles. The first kappa shape index (κ1) is 24.5. The molecule has 2 amide bonds. The van der Waals surface area contributed by atoms with E-state index in [4.69, 9.17) is 21.1 Å². The molecule has 6 nitrogen and oxygen atoms in total. The van der Waals surface area contributed by atoms with E-state index in [1.807, 2.05) is 0 Å². The van der Waals surface area contributed by atoms with Gasteiger partial charge in [-0.05, 0) is 54.4 Å². The van der Waals surface area contributed by atoms with Crippen LogP contribution in [0.15, 0.2) is 66.7 Å². The van der Waals surface area contributed by atoms with Crippen molar-refractivity contribution in [3.8, 4) is 11.5 Å². The highest BCUT2D eigenvalue weighted by Crippen LogP contribution is 2.32. The number of amides is 2. The van der Waals surface area contributed by atoms with Crippen molar-refractivity contribution in [2.45, 2.75) is 18.4 Å². The van der Waals surface area contributed by atoms with Gasteiger partial charge >= 0.3 is 0 Å². The van der Waals surface area contributed by atoms with Crippen molar-refractivity contribution in [2.75, 3.05) is 27.3 Å². The smallest absolute Gasteiger partial charge is 0.254 e. The van der Waals surface area contributed by atoms with E-state index in [1.165, 1.54) is 26.4 Å². The first-order valence-corrected chi connectivity index (χ1v) is 11.6. The molecule has 1 heterocycles. The number of methoxy groups -OCH3 is 2. The lowest BCUT2D eigenvalue weighted by molar-refractivity contribution is 0.0671. The summed E-state index contributed by atoms with van der Waals surface area (Å²) < 4.78 is 24.2. The van der Waals surface area contributed by atoms with Crippen molar-refractivity contribution in [1.82, 2.24) is 10.2 Å². The molecule has 1 aliphatic rings. The molecule has 1 saturated heterocycles. The maximum absolute atomic E-state index is 13.6. The van der Waals surface area contributed by atoms with Crippen LogP contribution in [0.1, 0.15) is 38.6 Å². The predicted octanol–water partition coefficient (Wildman–Crippen LogP) is 4.92. The average Bonchev–Trinajstić information content (AvgIpc) is 2.88. The van der Waals surface area contributed by atoms with Gasteiger partial charge in [0.05, 0.1) is 24.8 Å². The van der Waals surface area contributed by atoms with Crippen molar-refractivity contribution in [3.05, 3.63) is 94.3 Å². The number of halogens is 2. The molecule has 8 heteroatoms. The molecule has 1 N–H and O–H groups in total. The quantitative estimate of drug-likeness (QED) is 0.525. The zero-order chi connectivity index (χ0) is 24.9. The second-order valence-corrected chi connectivity index (χ2v) is 8.73. The minimum atomic E-state index is -0.348. The van der Waals surface area contributed by atoms with Crippen LogP contribution in [-0.4, -0.2) is 50.1 Å². The Morgan fingerprint density at radius 3 is 2.40 bits per heavy atom. The summed E-state index contributed by atoms with van der Waals surface area (Å²) in [4.78, 5) is 28.1. The highest BCUT2D eigenvalue weighted by Gasteiger charge is 2.34. The molecule has 182 valence electrons. The largest absolute Gasteiger partial charge is 0.493 e. The Balaban J connectivity index is 1.58. The summed E-state index contributed by atoms with van der Waals surface area (Å²) in [7, 11) is 3.05. The van der Waals surface area contributed by atoms with E-state index in [1.54, 1.807) is 59.5 Å². The number of hydrogen-bond acceptors (Lipinski definition) is 4. The Morgan fingerprint density at radius 2 is 1.71 bits per heavy atom. The lowest BCUT2D eigenvalue weighted by Gasteiger charge is -2.39. The normalized spacial score (nSPS) is 17.5. The summed E-state index contributed by atoms with van der Waals surface area (Å²) in [6.45, 7) is 0.796. The number of likely N-dealkylation sites (tertiary alicyclic amines) is 1. The Labute approximate surface area is 208 Å². The maximum Gasteiger partial charge on any atom is 0.254 e. The van der Waals surface area contributed by atoms with Crippen LogP contribution in [0.25, 0.3) is 0 Å². The Kier molecular flexibility index (Phi) is 7.56. The standard InChI is InChI=1S/C27H26ClFN2O4/c1-34-24-12-9-18(15-25(24)35-2)27(33)31-14-13-23(21(16-31)17-7-10-19(29)11-8-17)30-26(32)20-5-3-4-6-22(20)28/h3-12,15,21,23H,13-14,16H2,1-2H3,(H,30,32)/t21-,23-/m0/s1. The minimum absolute atomic E-state index is 0.158. The van der Waals surface area contributed by atoms with E-state index < -0.39 is 0 Å². The number of carbonyl (C=O) groups excluding carboxylic acids is 2. The number of nitrogens with one attached hydrogen (secondary N) is 1. The second kappa shape index (κ2) is 10.8. The van der Waals surface area contributed by atoms with Crippen LogP contribution in [-0.2, 0) is 0 Å². The van der Waals surface area contributed by atoms with Gasteiger partial charge in [0, 0.05) is 30.6 Å². The van der Waals surface area contributed by atoms with Gasteiger partial charge in [-0.1, -0.05) is 35.9 Å². The third-order valence-corrected chi connectivity index (χ3v) is 6.59. The van der Waals surface area contributed by atoms with Gasteiger partial charge in [-0.25, -0.2) is 4.39 Å². The lowest BCUT2D eigenvalue weighted by Crippen LogP contribution is -2.51. The summed E-state index contributed by atoms with van der Waals surface area (Å²) >= 11 is 6.21. The number of carbonyl (C=O) groups is 2. The number of ether oxygens (including phenoxy) is 2. The molecule has 3 aromatic carbocycles. The van der Waals surface area contributed by atoms with Crippen LogP contribution in [0.5, 0.6) is 11.5 Å². The monoisotopic (exact) mass is 496 g/mol. The third kappa shape index (κ3) is 5.41. The summed E-state index contributed by atoms with van der Waals surface area (Å²) in [6, 6.07) is 17.8. The summed E-state index contributed by atoms with van der Waals surface area (Å²) in [5.74, 6) is -0.0229. The molecule has 0 bridgehead atoms. The number of rotatable bonds is 6. The number of hydrogen-bond donors (Lipinski definition) is 1. The van der Waals surface area contributed by atoms with Crippen molar-refractivity contribution in [2.24, 2.45) is 0 Å². The predicted molar refractivity (Wildman–Crippen MR) is 132 cm³/mol. The topological polar surface area (TPSA) is 67.9 Å².